The summed E-state index contributed by atoms with van der Waals surface area (Å²) in [5.74, 6) is -0.589. The van der Waals surface area contributed by atoms with Crippen LogP contribution < -0.4 is 10.0 Å². The van der Waals surface area contributed by atoms with Crippen LogP contribution in [0.15, 0.2) is 53.4 Å². The van der Waals surface area contributed by atoms with Gasteiger partial charge in [-0.25, -0.2) is 12.8 Å². The van der Waals surface area contributed by atoms with E-state index in [9.17, 15) is 12.8 Å². The number of halogens is 1. The van der Waals surface area contributed by atoms with Crippen LogP contribution in [0.25, 0.3) is 0 Å². The van der Waals surface area contributed by atoms with E-state index >= 15 is 0 Å². The molecule has 0 bridgehead atoms. The van der Waals surface area contributed by atoms with E-state index in [1.54, 1.807) is 18.2 Å². The van der Waals surface area contributed by atoms with Crippen molar-refractivity contribution in [1.29, 1.82) is 0 Å². The average Bonchev–Trinajstić information content (AvgIpc) is 2.47. The Morgan fingerprint density at radius 2 is 1.85 bits per heavy atom. The van der Waals surface area contributed by atoms with Gasteiger partial charge in [0.15, 0.2) is 0 Å². The Labute approximate surface area is 117 Å². The second-order valence-electron chi connectivity index (χ2n) is 4.28. The minimum atomic E-state index is -3.81. The number of rotatable bonds is 4. The molecule has 0 amide bonds. The minimum Gasteiger partial charge on any atom is -0.326 e. The van der Waals surface area contributed by atoms with Gasteiger partial charge in [-0.2, -0.15) is 0 Å². The highest BCUT2D eigenvalue weighted by atomic mass is 32.2. The average molecular weight is 294 g/mol. The highest BCUT2D eigenvalue weighted by Crippen LogP contribution is 2.24. The Hall–Kier alpha value is -1.92. The zero-order valence-electron chi connectivity index (χ0n) is 11.0. The SMILES string of the molecule is CN(c1ccccc1F)S(=O)(=O)c1cccc(CN)c1. The van der Waals surface area contributed by atoms with Crippen LogP contribution in [0.4, 0.5) is 10.1 Å². The number of benzene rings is 2. The van der Waals surface area contributed by atoms with Crippen molar-refractivity contribution in [2.24, 2.45) is 5.73 Å². The fraction of sp³-hybridized carbons (Fsp3) is 0.143. The molecule has 4 nitrogen and oxygen atoms in total. The van der Waals surface area contributed by atoms with Crippen molar-refractivity contribution < 1.29 is 12.8 Å². The van der Waals surface area contributed by atoms with Crippen molar-refractivity contribution in [3.8, 4) is 0 Å². The summed E-state index contributed by atoms with van der Waals surface area (Å²) in [5.41, 5.74) is 6.21. The molecule has 0 spiro atoms. The van der Waals surface area contributed by atoms with Crippen molar-refractivity contribution in [2.75, 3.05) is 11.4 Å². The van der Waals surface area contributed by atoms with E-state index in [2.05, 4.69) is 0 Å². The number of nitrogens with two attached hydrogens (primary N) is 1. The molecule has 6 heteroatoms. The second kappa shape index (κ2) is 5.60. The summed E-state index contributed by atoms with van der Waals surface area (Å²) < 4.78 is 39.6. The van der Waals surface area contributed by atoms with E-state index in [1.807, 2.05) is 0 Å². The van der Waals surface area contributed by atoms with E-state index in [0.717, 1.165) is 4.31 Å². The van der Waals surface area contributed by atoms with Gasteiger partial charge in [-0.3, -0.25) is 4.31 Å². The molecule has 0 saturated carbocycles. The summed E-state index contributed by atoms with van der Waals surface area (Å²) in [6.45, 7) is 0.243. The maximum absolute atomic E-state index is 13.7. The molecule has 20 heavy (non-hydrogen) atoms. The molecule has 0 aromatic heterocycles. The van der Waals surface area contributed by atoms with Gasteiger partial charge in [0.05, 0.1) is 10.6 Å². The van der Waals surface area contributed by atoms with Crippen LogP contribution in [0.2, 0.25) is 0 Å². The molecular weight excluding hydrogens is 279 g/mol. The summed E-state index contributed by atoms with van der Waals surface area (Å²) in [6.07, 6.45) is 0. The van der Waals surface area contributed by atoms with Crippen LogP contribution >= 0.6 is 0 Å². The Kier molecular flexibility index (Phi) is 4.06. The van der Waals surface area contributed by atoms with Crippen LogP contribution in [0.1, 0.15) is 5.56 Å². The van der Waals surface area contributed by atoms with Crippen molar-refractivity contribution in [3.63, 3.8) is 0 Å². The van der Waals surface area contributed by atoms with Gasteiger partial charge >= 0.3 is 0 Å². The molecule has 2 aromatic carbocycles. The lowest BCUT2D eigenvalue weighted by atomic mass is 10.2. The molecule has 106 valence electrons. The fourth-order valence-corrected chi connectivity index (χ4v) is 3.10. The summed E-state index contributed by atoms with van der Waals surface area (Å²) in [5, 5.41) is 0. The molecule has 2 aromatic rings. The first-order valence-corrected chi connectivity index (χ1v) is 7.43. The van der Waals surface area contributed by atoms with E-state index in [1.165, 1.54) is 37.4 Å². The number of hydrogen-bond donors (Lipinski definition) is 1. The van der Waals surface area contributed by atoms with Gasteiger partial charge in [0, 0.05) is 13.6 Å². The molecule has 0 radical (unpaired) electrons. The Morgan fingerprint density at radius 3 is 2.50 bits per heavy atom. The standard InChI is InChI=1S/C14H15FN2O2S/c1-17(14-8-3-2-7-13(14)15)20(18,19)12-6-4-5-11(9-12)10-16/h2-9H,10,16H2,1H3. The fourth-order valence-electron chi connectivity index (χ4n) is 1.83. The van der Waals surface area contributed by atoms with E-state index in [0.29, 0.717) is 5.56 Å². The third-order valence-electron chi connectivity index (χ3n) is 2.98. The molecule has 2 N–H and O–H groups in total. The van der Waals surface area contributed by atoms with Gasteiger partial charge in [0.2, 0.25) is 0 Å². The summed E-state index contributed by atoms with van der Waals surface area (Å²) in [4.78, 5) is 0.0891. The lowest BCUT2D eigenvalue weighted by molar-refractivity contribution is 0.589. The van der Waals surface area contributed by atoms with Crippen LogP contribution in [-0.2, 0) is 16.6 Å². The zero-order chi connectivity index (χ0) is 14.8. The summed E-state index contributed by atoms with van der Waals surface area (Å²) in [6, 6.07) is 12.0. The molecule has 0 saturated heterocycles. The molecule has 0 atom stereocenters. The maximum Gasteiger partial charge on any atom is 0.264 e. The predicted octanol–water partition coefficient (Wildman–Crippen LogP) is 2.11. The number of anilines is 1. The highest BCUT2D eigenvalue weighted by molar-refractivity contribution is 7.92. The lowest BCUT2D eigenvalue weighted by Gasteiger charge is -2.20. The van der Waals surface area contributed by atoms with E-state index < -0.39 is 15.8 Å². The monoisotopic (exact) mass is 294 g/mol. The lowest BCUT2D eigenvalue weighted by Crippen LogP contribution is -2.27. The molecule has 2 rings (SSSR count). The molecule has 0 unspecified atom stereocenters. The van der Waals surface area contributed by atoms with Gasteiger partial charge in [-0.05, 0) is 29.8 Å². The van der Waals surface area contributed by atoms with Gasteiger partial charge in [0.1, 0.15) is 5.82 Å². The van der Waals surface area contributed by atoms with Crippen molar-refractivity contribution in [1.82, 2.24) is 0 Å². The van der Waals surface area contributed by atoms with Crippen molar-refractivity contribution >= 4 is 15.7 Å². The van der Waals surface area contributed by atoms with Gasteiger partial charge in [-0.1, -0.05) is 24.3 Å². The van der Waals surface area contributed by atoms with Gasteiger partial charge in [0.25, 0.3) is 10.0 Å². The number of nitrogens with zero attached hydrogens (tertiary/aromatic N) is 1. The molecule has 0 aliphatic carbocycles. The topological polar surface area (TPSA) is 63.4 Å². The Balaban J connectivity index is 2.47. The Bertz CT molecular complexity index is 717. The number of sulfonamides is 1. The molecular formula is C14H15FN2O2S. The predicted molar refractivity (Wildman–Crippen MR) is 76.3 cm³/mol. The smallest absolute Gasteiger partial charge is 0.264 e. The van der Waals surface area contributed by atoms with E-state index in [4.69, 9.17) is 5.73 Å². The largest absolute Gasteiger partial charge is 0.326 e. The number of para-hydroxylation sites is 1. The normalized spacial score (nSPS) is 11.3. The molecule has 0 aliphatic heterocycles. The summed E-state index contributed by atoms with van der Waals surface area (Å²) >= 11 is 0. The van der Waals surface area contributed by atoms with Gasteiger partial charge < -0.3 is 5.73 Å². The zero-order valence-corrected chi connectivity index (χ0v) is 11.8. The third-order valence-corrected chi connectivity index (χ3v) is 4.75. The Morgan fingerprint density at radius 1 is 1.15 bits per heavy atom. The quantitative estimate of drug-likeness (QED) is 0.939. The maximum atomic E-state index is 13.7. The van der Waals surface area contributed by atoms with Crippen LogP contribution in [0.5, 0.6) is 0 Å². The first kappa shape index (κ1) is 14.5. The number of hydrogen-bond acceptors (Lipinski definition) is 3. The molecule has 0 aliphatic rings. The minimum absolute atomic E-state index is 0.00523. The van der Waals surface area contributed by atoms with Crippen LogP contribution in [-0.4, -0.2) is 15.5 Å². The third kappa shape index (κ3) is 2.66. The molecule has 0 heterocycles. The molecule has 0 fully saturated rings. The first-order valence-electron chi connectivity index (χ1n) is 5.99. The highest BCUT2D eigenvalue weighted by Gasteiger charge is 2.23. The second-order valence-corrected chi connectivity index (χ2v) is 6.24. The van der Waals surface area contributed by atoms with Gasteiger partial charge in [-0.15, -0.1) is 0 Å². The summed E-state index contributed by atoms with van der Waals surface area (Å²) in [7, 11) is -2.49. The van der Waals surface area contributed by atoms with Crippen molar-refractivity contribution in [2.45, 2.75) is 11.4 Å². The van der Waals surface area contributed by atoms with E-state index in [-0.39, 0.29) is 17.1 Å². The first-order chi connectivity index (χ1) is 9.46. The van der Waals surface area contributed by atoms with Crippen LogP contribution in [0.3, 0.4) is 0 Å². The van der Waals surface area contributed by atoms with Crippen molar-refractivity contribution in [3.05, 3.63) is 59.9 Å². The van der Waals surface area contributed by atoms with Crippen LogP contribution in [0, 0.1) is 5.82 Å².